The van der Waals surface area contributed by atoms with Gasteiger partial charge in [0.15, 0.2) is 11.5 Å². The molecule has 0 fully saturated rings. The summed E-state index contributed by atoms with van der Waals surface area (Å²) in [5.74, 6) is 1.11. The van der Waals surface area contributed by atoms with Crippen molar-refractivity contribution < 1.29 is 5.11 Å². The number of aliphatic hydroxyl groups excluding tert-OH is 1. The molecule has 0 aliphatic carbocycles. The molecule has 130 valence electrons. The van der Waals surface area contributed by atoms with Crippen LogP contribution < -0.4 is 5.73 Å². The number of aliphatic hydroxyl groups is 1. The Labute approximate surface area is 154 Å². The fourth-order valence-electron chi connectivity index (χ4n) is 2.84. The van der Waals surface area contributed by atoms with Crippen LogP contribution in [-0.4, -0.2) is 30.9 Å². The zero-order valence-electron chi connectivity index (χ0n) is 14.1. The topological polar surface area (TPSA) is 89.8 Å². The summed E-state index contributed by atoms with van der Waals surface area (Å²) in [6, 6.07) is 15.3. The molecule has 1 aromatic carbocycles. The highest BCUT2D eigenvalue weighted by atomic mass is 32.2. The molecule has 0 saturated carbocycles. The molecule has 3 heterocycles. The van der Waals surface area contributed by atoms with Crippen molar-refractivity contribution in [2.75, 3.05) is 12.0 Å². The Bertz CT molecular complexity index is 1080. The predicted molar refractivity (Wildman–Crippen MR) is 104 cm³/mol. The number of hydrogen-bond acceptors (Lipinski definition) is 6. The van der Waals surface area contributed by atoms with Crippen LogP contribution in [0, 0.1) is 0 Å². The van der Waals surface area contributed by atoms with Crippen LogP contribution in [0.3, 0.4) is 0 Å². The van der Waals surface area contributed by atoms with Crippen LogP contribution in [0.25, 0.3) is 28.2 Å². The van der Waals surface area contributed by atoms with Gasteiger partial charge in [0.25, 0.3) is 0 Å². The summed E-state index contributed by atoms with van der Waals surface area (Å²) >= 11 is 1.58. The van der Waals surface area contributed by atoms with Crippen molar-refractivity contribution in [2.45, 2.75) is 11.6 Å². The van der Waals surface area contributed by atoms with Gasteiger partial charge in [0.1, 0.15) is 11.3 Å². The molecule has 3 aromatic heterocycles. The molecule has 0 amide bonds. The maximum absolute atomic E-state index is 9.31. The van der Waals surface area contributed by atoms with Gasteiger partial charge in [-0.3, -0.25) is 4.57 Å². The number of thioether (sulfide) groups is 1. The smallest absolute Gasteiger partial charge is 0.166 e. The first-order chi connectivity index (χ1) is 12.7. The normalized spacial score (nSPS) is 11.2. The van der Waals surface area contributed by atoms with Crippen molar-refractivity contribution in [3.8, 4) is 17.1 Å². The Kier molecular flexibility index (Phi) is 4.32. The number of benzene rings is 1. The van der Waals surface area contributed by atoms with Crippen molar-refractivity contribution in [2.24, 2.45) is 0 Å². The SMILES string of the molecule is CSc1ccc2nc(-c3cccnc3N)n(-c3ccc(CO)cc3)c2n1. The van der Waals surface area contributed by atoms with Gasteiger partial charge in [-0.1, -0.05) is 12.1 Å². The van der Waals surface area contributed by atoms with Crippen LogP contribution in [0.2, 0.25) is 0 Å². The highest BCUT2D eigenvalue weighted by Gasteiger charge is 2.18. The quantitative estimate of drug-likeness (QED) is 0.541. The van der Waals surface area contributed by atoms with E-state index in [0.717, 1.165) is 33.0 Å². The molecule has 26 heavy (non-hydrogen) atoms. The Morgan fingerprint density at radius 3 is 2.58 bits per heavy atom. The van der Waals surface area contributed by atoms with Crippen LogP contribution in [0.1, 0.15) is 5.56 Å². The number of nitrogens with zero attached hydrogens (tertiary/aromatic N) is 4. The van der Waals surface area contributed by atoms with E-state index in [2.05, 4.69) is 4.98 Å². The average molecular weight is 363 g/mol. The third-order valence-electron chi connectivity index (χ3n) is 4.14. The number of rotatable bonds is 4. The Balaban J connectivity index is 2.03. The molecule has 0 radical (unpaired) electrons. The Hall–Kier alpha value is -2.90. The van der Waals surface area contributed by atoms with Gasteiger partial charge in [-0.2, -0.15) is 0 Å². The largest absolute Gasteiger partial charge is 0.392 e. The second-order valence-corrected chi connectivity index (χ2v) is 6.55. The molecular weight excluding hydrogens is 346 g/mol. The fourth-order valence-corrected chi connectivity index (χ4v) is 3.22. The third kappa shape index (κ3) is 2.81. The number of aromatic nitrogens is 4. The van der Waals surface area contributed by atoms with Crippen LogP contribution in [-0.2, 0) is 6.61 Å². The van der Waals surface area contributed by atoms with Gasteiger partial charge in [-0.25, -0.2) is 15.0 Å². The summed E-state index contributed by atoms with van der Waals surface area (Å²) in [4.78, 5) is 13.7. The number of nitrogen functional groups attached to an aromatic ring is 1. The van der Waals surface area contributed by atoms with E-state index >= 15 is 0 Å². The summed E-state index contributed by atoms with van der Waals surface area (Å²) in [7, 11) is 0. The highest BCUT2D eigenvalue weighted by Crippen LogP contribution is 2.31. The number of imidazole rings is 1. The average Bonchev–Trinajstić information content (AvgIpc) is 3.06. The van der Waals surface area contributed by atoms with Crippen LogP contribution in [0.15, 0.2) is 59.8 Å². The number of hydrogen-bond donors (Lipinski definition) is 2. The summed E-state index contributed by atoms with van der Waals surface area (Å²) in [6.07, 6.45) is 3.65. The molecule has 0 spiro atoms. The maximum Gasteiger partial charge on any atom is 0.166 e. The minimum atomic E-state index is 0.00222. The van der Waals surface area contributed by atoms with E-state index < -0.39 is 0 Å². The van der Waals surface area contributed by atoms with E-state index in [0.29, 0.717) is 11.6 Å². The first-order valence-electron chi connectivity index (χ1n) is 8.06. The number of pyridine rings is 2. The van der Waals surface area contributed by atoms with Crippen molar-refractivity contribution in [1.29, 1.82) is 0 Å². The van der Waals surface area contributed by atoms with E-state index in [1.807, 2.05) is 59.4 Å². The number of nitrogens with two attached hydrogens (primary N) is 1. The van der Waals surface area contributed by atoms with E-state index in [4.69, 9.17) is 15.7 Å². The van der Waals surface area contributed by atoms with E-state index in [-0.39, 0.29) is 6.61 Å². The van der Waals surface area contributed by atoms with E-state index in [9.17, 15) is 5.11 Å². The van der Waals surface area contributed by atoms with Gasteiger partial charge < -0.3 is 10.8 Å². The van der Waals surface area contributed by atoms with Gasteiger partial charge in [0.2, 0.25) is 0 Å². The minimum absolute atomic E-state index is 0.00222. The molecule has 7 heteroatoms. The third-order valence-corrected chi connectivity index (χ3v) is 4.79. The Morgan fingerprint density at radius 2 is 1.88 bits per heavy atom. The fraction of sp³-hybridized carbons (Fsp3) is 0.105. The lowest BCUT2D eigenvalue weighted by atomic mass is 10.2. The monoisotopic (exact) mass is 363 g/mol. The molecule has 0 bridgehead atoms. The van der Waals surface area contributed by atoms with Crippen LogP contribution in [0.4, 0.5) is 5.82 Å². The van der Waals surface area contributed by atoms with Gasteiger partial charge in [0.05, 0.1) is 17.2 Å². The molecular formula is C19H17N5OS. The number of fused-ring (bicyclic) bond motifs is 1. The molecule has 0 aliphatic heterocycles. The Morgan fingerprint density at radius 1 is 1.08 bits per heavy atom. The summed E-state index contributed by atoms with van der Waals surface area (Å²) in [6.45, 7) is 0.00222. The van der Waals surface area contributed by atoms with Crippen molar-refractivity contribution in [3.63, 3.8) is 0 Å². The van der Waals surface area contributed by atoms with Crippen LogP contribution in [0.5, 0.6) is 0 Å². The molecule has 6 nitrogen and oxygen atoms in total. The molecule has 0 atom stereocenters. The summed E-state index contributed by atoms with van der Waals surface area (Å²) in [5.41, 5.74) is 10.1. The van der Waals surface area contributed by atoms with Crippen molar-refractivity contribution >= 4 is 28.7 Å². The lowest BCUT2D eigenvalue weighted by molar-refractivity contribution is 0.282. The second-order valence-electron chi connectivity index (χ2n) is 5.73. The predicted octanol–water partition coefficient (Wildman–Crippen LogP) is 3.28. The zero-order valence-corrected chi connectivity index (χ0v) is 14.9. The van der Waals surface area contributed by atoms with Gasteiger partial charge in [-0.05, 0) is 48.2 Å². The highest BCUT2D eigenvalue weighted by molar-refractivity contribution is 7.98. The van der Waals surface area contributed by atoms with E-state index in [1.54, 1.807) is 18.0 Å². The molecule has 0 unspecified atom stereocenters. The zero-order chi connectivity index (χ0) is 18.1. The lowest BCUT2D eigenvalue weighted by Gasteiger charge is -2.11. The first-order valence-corrected chi connectivity index (χ1v) is 9.28. The maximum atomic E-state index is 9.31. The molecule has 0 aliphatic rings. The molecule has 3 N–H and O–H groups in total. The van der Waals surface area contributed by atoms with Crippen molar-refractivity contribution in [1.82, 2.24) is 19.5 Å². The van der Waals surface area contributed by atoms with Gasteiger partial charge in [0, 0.05) is 11.9 Å². The molecule has 4 aromatic rings. The first kappa shape index (κ1) is 16.6. The van der Waals surface area contributed by atoms with E-state index in [1.165, 1.54) is 0 Å². The van der Waals surface area contributed by atoms with Crippen LogP contribution >= 0.6 is 11.8 Å². The lowest BCUT2D eigenvalue weighted by Crippen LogP contribution is -2.02. The second kappa shape index (κ2) is 6.78. The summed E-state index contributed by atoms with van der Waals surface area (Å²) < 4.78 is 1.98. The number of anilines is 1. The molecule has 0 saturated heterocycles. The minimum Gasteiger partial charge on any atom is -0.392 e. The summed E-state index contributed by atoms with van der Waals surface area (Å²) in [5, 5.41) is 10.2. The standard InChI is InChI=1S/C19H17N5OS/c1-26-16-9-8-15-19(23-16)24(13-6-4-12(11-25)5-7-13)18(22-15)14-3-2-10-21-17(14)20/h2-10,25H,11H2,1H3,(H2,20,21). The molecule has 4 rings (SSSR count). The van der Waals surface area contributed by atoms with Gasteiger partial charge in [-0.15, -0.1) is 11.8 Å². The van der Waals surface area contributed by atoms with Crippen molar-refractivity contribution in [3.05, 3.63) is 60.3 Å². The van der Waals surface area contributed by atoms with Gasteiger partial charge >= 0.3 is 0 Å².